The van der Waals surface area contributed by atoms with Crippen molar-refractivity contribution in [2.75, 3.05) is 5.73 Å². The van der Waals surface area contributed by atoms with Crippen molar-refractivity contribution < 1.29 is 4.74 Å². The van der Waals surface area contributed by atoms with Crippen LogP contribution in [0, 0.1) is 0 Å². The molecule has 2 N–H and O–H groups in total. The molecule has 0 spiro atoms. The minimum Gasteiger partial charge on any atom is -0.457 e. The lowest BCUT2D eigenvalue weighted by Crippen LogP contribution is -1.95. The van der Waals surface area contributed by atoms with Gasteiger partial charge in [-0.05, 0) is 36.4 Å². The van der Waals surface area contributed by atoms with Gasteiger partial charge in [0.1, 0.15) is 28.7 Å². The first-order valence-corrected chi connectivity index (χ1v) is 6.71. The Kier molecular flexibility index (Phi) is 3.71. The fourth-order valence-corrected chi connectivity index (χ4v) is 2.10. The number of nitrogens with zero attached hydrogens (tertiary/aromatic N) is 2. The van der Waals surface area contributed by atoms with Crippen molar-refractivity contribution in [2.45, 2.75) is 0 Å². The van der Waals surface area contributed by atoms with Crippen molar-refractivity contribution in [2.24, 2.45) is 0 Å². The molecule has 3 rings (SSSR count). The molecule has 0 aliphatic rings. The molecular formula is C16H12ClN3O. The Morgan fingerprint density at radius 2 is 1.52 bits per heavy atom. The second-order valence-electron chi connectivity index (χ2n) is 4.36. The standard InChI is InChI=1S/C16H12ClN3O/c17-14-15(19-10-20-16(14)18)11-6-8-13(9-7-11)21-12-4-2-1-3-5-12/h1-10H,(H2,18,19,20). The number of nitrogen functional groups attached to an aromatic ring is 1. The Morgan fingerprint density at radius 3 is 2.24 bits per heavy atom. The summed E-state index contributed by atoms with van der Waals surface area (Å²) in [5, 5.41) is 0.356. The lowest BCUT2D eigenvalue weighted by molar-refractivity contribution is 0.483. The summed E-state index contributed by atoms with van der Waals surface area (Å²) in [7, 11) is 0. The number of hydrogen-bond donors (Lipinski definition) is 1. The van der Waals surface area contributed by atoms with Gasteiger partial charge in [0.05, 0.1) is 5.69 Å². The van der Waals surface area contributed by atoms with Crippen LogP contribution in [0.15, 0.2) is 60.9 Å². The third-order valence-corrected chi connectivity index (χ3v) is 3.30. The van der Waals surface area contributed by atoms with Crippen molar-refractivity contribution in [3.05, 3.63) is 65.9 Å². The van der Waals surface area contributed by atoms with Gasteiger partial charge in [-0.25, -0.2) is 9.97 Å². The van der Waals surface area contributed by atoms with E-state index in [2.05, 4.69) is 9.97 Å². The molecule has 2 aromatic carbocycles. The summed E-state index contributed by atoms with van der Waals surface area (Å²) in [6, 6.07) is 17.1. The van der Waals surface area contributed by atoms with Crippen LogP contribution in [0.2, 0.25) is 5.02 Å². The molecule has 0 aliphatic carbocycles. The minimum absolute atomic E-state index is 0.270. The Bertz CT molecular complexity index is 745. The monoisotopic (exact) mass is 297 g/mol. The largest absolute Gasteiger partial charge is 0.457 e. The summed E-state index contributed by atoms with van der Waals surface area (Å²) >= 11 is 6.12. The number of benzene rings is 2. The van der Waals surface area contributed by atoms with E-state index >= 15 is 0 Å². The molecule has 3 aromatic rings. The Balaban J connectivity index is 1.86. The number of hydrogen-bond acceptors (Lipinski definition) is 4. The molecule has 0 saturated carbocycles. The Morgan fingerprint density at radius 1 is 0.857 bits per heavy atom. The highest BCUT2D eigenvalue weighted by Gasteiger charge is 2.09. The number of rotatable bonds is 3. The van der Waals surface area contributed by atoms with Gasteiger partial charge in [0.2, 0.25) is 0 Å². The number of halogens is 1. The molecule has 21 heavy (non-hydrogen) atoms. The molecule has 104 valence electrons. The lowest BCUT2D eigenvalue weighted by Gasteiger charge is -2.08. The van der Waals surface area contributed by atoms with Gasteiger partial charge in [-0.15, -0.1) is 0 Å². The average Bonchev–Trinajstić information content (AvgIpc) is 2.52. The summed E-state index contributed by atoms with van der Waals surface area (Å²) in [5.74, 6) is 1.80. The normalized spacial score (nSPS) is 10.3. The van der Waals surface area contributed by atoms with Gasteiger partial charge in [-0.1, -0.05) is 29.8 Å². The summed E-state index contributed by atoms with van der Waals surface area (Å²) in [5.41, 5.74) is 7.15. The van der Waals surface area contributed by atoms with E-state index in [0.29, 0.717) is 10.7 Å². The SMILES string of the molecule is Nc1ncnc(-c2ccc(Oc3ccccc3)cc2)c1Cl. The quantitative estimate of drug-likeness (QED) is 0.788. The zero-order chi connectivity index (χ0) is 14.7. The van der Waals surface area contributed by atoms with Gasteiger partial charge in [-0.2, -0.15) is 0 Å². The van der Waals surface area contributed by atoms with E-state index in [0.717, 1.165) is 17.1 Å². The molecule has 1 heterocycles. The second kappa shape index (κ2) is 5.81. The topological polar surface area (TPSA) is 61.0 Å². The van der Waals surface area contributed by atoms with Crippen LogP contribution in [0.5, 0.6) is 11.5 Å². The van der Waals surface area contributed by atoms with Crippen LogP contribution in [0.25, 0.3) is 11.3 Å². The van der Waals surface area contributed by atoms with E-state index in [1.807, 2.05) is 54.6 Å². The summed E-state index contributed by atoms with van der Waals surface area (Å²) in [6.07, 6.45) is 1.39. The second-order valence-corrected chi connectivity index (χ2v) is 4.74. The van der Waals surface area contributed by atoms with Crippen LogP contribution in [0.3, 0.4) is 0 Å². The predicted octanol–water partition coefficient (Wildman–Crippen LogP) is 4.17. The van der Waals surface area contributed by atoms with Crippen LogP contribution in [0.1, 0.15) is 0 Å². The summed E-state index contributed by atoms with van der Waals surface area (Å²) < 4.78 is 5.73. The molecular weight excluding hydrogens is 286 g/mol. The number of nitrogens with two attached hydrogens (primary N) is 1. The molecule has 1 aromatic heterocycles. The maximum Gasteiger partial charge on any atom is 0.146 e. The van der Waals surface area contributed by atoms with Crippen molar-refractivity contribution in [1.82, 2.24) is 9.97 Å². The van der Waals surface area contributed by atoms with Crippen LogP contribution in [-0.4, -0.2) is 9.97 Å². The average molecular weight is 298 g/mol. The van der Waals surface area contributed by atoms with E-state index in [1.165, 1.54) is 6.33 Å². The number of aromatic nitrogens is 2. The molecule has 0 bridgehead atoms. The third kappa shape index (κ3) is 2.95. The first-order chi connectivity index (χ1) is 10.2. The fraction of sp³-hybridized carbons (Fsp3) is 0. The van der Waals surface area contributed by atoms with Gasteiger partial charge in [0.15, 0.2) is 0 Å². The molecule has 0 atom stereocenters. The van der Waals surface area contributed by atoms with E-state index in [4.69, 9.17) is 22.1 Å². The summed E-state index contributed by atoms with van der Waals surface area (Å²) in [6.45, 7) is 0. The Labute approximate surface area is 127 Å². The molecule has 5 heteroatoms. The zero-order valence-corrected chi connectivity index (χ0v) is 11.8. The Hall–Kier alpha value is -2.59. The van der Waals surface area contributed by atoms with Gasteiger partial charge in [0.25, 0.3) is 0 Å². The predicted molar refractivity (Wildman–Crippen MR) is 83.4 cm³/mol. The smallest absolute Gasteiger partial charge is 0.146 e. The van der Waals surface area contributed by atoms with E-state index in [9.17, 15) is 0 Å². The molecule has 0 amide bonds. The van der Waals surface area contributed by atoms with Gasteiger partial charge in [0, 0.05) is 5.56 Å². The first kappa shape index (κ1) is 13.4. The maximum absolute atomic E-state index is 6.12. The number of para-hydroxylation sites is 1. The van der Waals surface area contributed by atoms with Crippen LogP contribution in [-0.2, 0) is 0 Å². The molecule has 0 saturated heterocycles. The van der Waals surface area contributed by atoms with Gasteiger partial charge in [-0.3, -0.25) is 0 Å². The van der Waals surface area contributed by atoms with E-state index < -0.39 is 0 Å². The van der Waals surface area contributed by atoms with Crippen LogP contribution in [0.4, 0.5) is 5.82 Å². The van der Waals surface area contributed by atoms with Crippen molar-refractivity contribution in [3.8, 4) is 22.8 Å². The van der Waals surface area contributed by atoms with E-state index in [1.54, 1.807) is 0 Å². The molecule has 4 nitrogen and oxygen atoms in total. The van der Waals surface area contributed by atoms with E-state index in [-0.39, 0.29) is 5.82 Å². The van der Waals surface area contributed by atoms with Crippen molar-refractivity contribution in [3.63, 3.8) is 0 Å². The van der Waals surface area contributed by atoms with Crippen LogP contribution < -0.4 is 10.5 Å². The zero-order valence-electron chi connectivity index (χ0n) is 11.0. The molecule has 0 radical (unpaired) electrons. The third-order valence-electron chi connectivity index (χ3n) is 2.92. The van der Waals surface area contributed by atoms with Gasteiger partial charge >= 0.3 is 0 Å². The lowest BCUT2D eigenvalue weighted by atomic mass is 10.1. The highest BCUT2D eigenvalue weighted by Crippen LogP contribution is 2.30. The summed E-state index contributed by atoms with van der Waals surface area (Å²) in [4.78, 5) is 8.01. The molecule has 0 unspecified atom stereocenters. The van der Waals surface area contributed by atoms with Crippen molar-refractivity contribution >= 4 is 17.4 Å². The minimum atomic E-state index is 0.270. The maximum atomic E-state index is 6.12. The van der Waals surface area contributed by atoms with Crippen molar-refractivity contribution in [1.29, 1.82) is 0 Å². The molecule has 0 aliphatic heterocycles. The number of anilines is 1. The fourth-order valence-electron chi connectivity index (χ4n) is 1.89. The number of ether oxygens (including phenoxy) is 1. The van der Waals surface area contributed by atoms with Gasteiger partial charge < -0.3 is 10.5 Å². The highest BCUT2D eigenvalue weighted by molar-refractivity contribution is 6.35. The first-order valence-electron chi connectivity index (χ1n) is 6.33. The highest BCUT2D eigenvalue weighted by atomic mass is 35.5. The van der Waals surface area contributed by atoms with Crippen LogP contribution >= 0.6 is 11.6 Å². The molecule has 0 fully saturated rings.